The Morgan fingerprint density at radius 1 is 0.880 bits per heavy atom. The molecule has 3 rings (SSSR count). The molecule has 2 heterocycles. The summed E-state index contributed by atoms with van der Waals surface area (Å²) in [7, 11) is 0. The number of nitrogens with one attached hydrogen (secondary N) is 1. The third kappa shape index (κ3) is 5.74. The Morgan fingerprint density at radius 2 is 1.68 bits per heavy atom. The Kier molecular flexibility index (Phi) is 6.00. The van der Waals surface area contributed by atoms with Crippen molar-refractivity contribution in [3.05, 3.63) is 71.9 Å². The van der Waals surface area contributed by atoms with Gasteiger partial charge in [-0.2, -0.15) is 0 Å². The molecule has 1 N–H and O–H groups in total. The number of alkyl halides is 3. The highest BCUT2D eigenvalue weighted by Gasteiger charge is 2.19. The highest BCUT2D eigenvalue weighted by molar-refractivity contribution is 6.67. The van der Waals surface area contributed by atoms with Crippen LogP contribution in [0.2, 0.25) is 0 Å². The van der Waals surface area contributed by atoms with Gasteiger partial charge in [0.05, 0.1) is 5.69 Å². The summed E-state index contributed by atoms with van der Waals surface area (Å²) in [6, 6.07) is 14.4. The van der Waals surface area contributed by atoms with E-state index in [-0.39, 0.29) is 0 Å². The Labute approximate surface area is 162 Å². The predicted molar refractivity (Wildman–Crippen MR) is 104 cm³/mol. The van der Waals surface area contributed by atoms with Crippen LogP contribution in [0.5, 0.6) is 0 Å². The van der Waals surface area contributed by atoms with Crippen molar-refractivity contribution in [1.82, 2.24) is 15.0 Å². The molecule has 0 spiro atoms. The second-order valence-corrected chi connectivity index (χ2v) is 8.40. The summed E-state index contributed by atoms with van der Waals surface area (Å²) in [5, 5.41) is 0. The Hall–Kier alpha value is -1.55. The molecule has 0 atom stereocenters. The van der Waals surface area contributed by atoms with E-state index in [0.29, 0.717) is 12.8 Å². The molecule has 0 amide bonds. The van der Waals surface area contributed by atoms with Crippen molar-refractivity contribution < 1.29 is 0 Å². The van der Waals surface area contributed by atoms with Crippen LogP contribution in [0.1, 0.15) is 23.5 Å². The number of halogens is 3. The molecule has 130 valence electrons. The summed E-state index contributed by atoms with van der Waals surface area (Å²) in [4.78, 5) is 12.1. The van der Waals surface area contributed by atoms with Gasteiger partial charge in [-0.1, -0.05) is 65.1 Å². The van der Waals surface area contributed by atoms with Crippen molar-refractivity contribution in [2.24, 2.45) is 0 Å². The monoisotopic (exact) mass is 393 g/mol. The van der Waals surface area contributed by atoms with Gasteiger partial charge in [0.2, 0.25) is 0 Å². The summed E-state index contributed by atoms with van der Waals surface area (Å²) in [5.74, 6) is 0.952. The molecular formula is C19H18Cl3N3. The van der Waals surface area contributed by atoms with Gasteiger partial charge >= 0.3 is 0 Å². The lowest BCUT2D eigenvalue weighted by molar-refractivity contribution is 0.818. The van der Waals surface area contributed by atoms with Crippen LogP contribution in [-0.4, -0.2) is 18.7 Å². The normalized spacial score (nSPS) is 11.6. The molecule has 25 heavy (non-hydrogen) atoms. The number of aromatic amines is 1. The molecule has 0 aliphatic rings. The van der Waals surface area contributed by atoms with E-state index < -0.39 is 3.79 Å². The summed E-state index contributed by atoms with van der Waals surface area (Å²) in [5.41, 5.74) is 4.36. The molecule has 0 bridgehead atoms. The molecule has 6 heteroatoms. The van der Waals surface area contributed by atoms with E-state index >= 15 is 0 Å². The van der Waals surface area contributed by atoms with Gasteiger partial charge in [0.25, 0.3) is 0 Å². The van der Waals surface area contributed by atoms with Crippen LogP contribution in [0.25, 0.3) is 11.3 Å². The largest absolute Gasteiger partial charge is 0.346 e. The van der Waals surface area contributed by atoms with E-state index in [2.05, 4.69) is 39.2 Å². The number of rotatable bonds is 6. The highest BCUT2D eigenvalue weighted by Crippen LogP contribution is 2.31. The summed E-state index contributed by atoms with van der Waals surface area (Å²) in [6.45, 7) is 0. The quantitative estimate of drug-likeness (QED) is 0.556. The fourth-order valence-corrected chi connectivity index (χ4v) is 2.86. The van der Waals surface area contributed by atoms with Crippen molar-refractivity contribution in [1.29, 1.82) is 0 Å². The fraction of sp³-hybridized carbons (Fsp3) is 0.263. The molecule has 3 nitrogen and oxygen atoms in total. The molecule has 1 aromatic carbocycles. The molecule has 0 unspecified atom stereocenters. The molecular weight excluding hydrogens is 377 g/mol. The first kappa shape index (κ1) is 18.2. The molecule has 0 saturated heterocycles. The molecule has 0 saturated carbocycles. The Balaban J connectivity index is 1.54. The van der Waals surface area contributed by atoms with Crippen LogP contribution < -0.4 is 0 Å². The maximum absolute atomic E-state index is 5.78. The van der Waals surface area contributed by atoms with Crippen molar-refractivity contribution in [3.8, 4) is 11.3 Å². The number of hydrogen-bond donors (Lipinski definition) is 1. The highest BCUT2D eigenvalue weighted by atomic mass is 35.6. The maximum atomic E-state index is 5.78. The molecule has 0 radical (unpaired) electrons. The first-order chi connectivity index (χ1) is 12.0. The van der Waals surface area contributed by atoms with E-state index in [9.17, 15) is 0 Å². The molecule has 2 aromatic heterocycles. The third-order valence-electron chi connectivity index (χ3n) is 3.92. The van der Waals surface area contributed by atoms with Gasteiger partial charge in [0.1, 0.15) is 5.82 Å². The number of hydrogen-bond acceptors (Lipinski definition) is 2. The first-order valence-electron chi connectivity index (χ1n) is 8.09. The summed E-state index contributed by atoms with van der Waals surface area (Å²) >= 11 is 17.3. The zero-order chi connectivity index (χ0) is 17.7. The summed E-state index contributed by atoms with van der Waals surface area (Å²) < 4.78 is -1.22. The Morgan fingerprint density at radius 3 is 2.36 bits per heavy atom. The van der Waals surface area contributed by atoms with E-state index in [1.54, 1.807) is 6.20 Å². The summed E-state index contributed by atoms with van der Waals surface area (Å²) in [6.07, 6.45) is 6.52. The lowest BCUT2D eigenvalue weighted by atomic mass is 10.1. The van der Waals surface area contributed by atoms with Crippen molar-refractivity contribution >= 4 is 34.8 Å². The Bertz CT molecular complexity index is 793. The van der Waals surface area contributed by atoms with E-state index in [1.807, 2.05) is 24.4 Å². The number of imidazole rings is 1. The van der Waals surface area contributed by atoms with Crippen LogP contribution in [0.4, 0.5) is 0 Å². The van der Waals surface area contributed by atoms with Gasteiger partial charge < -0.3 is 4.98 Å². The SMILES string of the molecule is ClC(Cl)(Cl)CCc1cnc(CCc2ccc(-c3ccccn3)cc2)[nH]1. The van der Waals surface area contributed by atoms with Crippen molar-refractivity contribution in [2.45, 2.75) is 29.5 Å². The molecule has 0 fully saturated rings. The van der Waals surface area contributed by atoms with E-state index in [4.69, 9.17) is 34.8 Å². The average molecular weight is 395 g/mol. The minimum atomic E-state index is -1.22. The van der Waals surface area contributed by atoms with Crippen molar-refractivity contribution in [3.63, 3.8) is 0 Å². The second kappa shape index (κ2) is 8.22. The lowest BCUT2D eigenvalue weighted by Crippen LogP contribution is -2.04. The van der Waals surface area contributed by atoms with Crippen LogP contribution in [0, 0.1) is 0 Å². The lowest BCUT2D eigenvalue weighted by Gasteiger charge is -2.08. The van der Waals surface area contributed by atoms with E-state index in [1.165, 1.54) is 5.56 Å². The standard InChI is InChI=1S/C19H18Cl3N3/c20-19(21,22)11-10-16-13-24-18(25-16)9-6-14-4-7-15(8-5-14)17-3-1-2-12-23-17/h1-5,7-8,12-13H,6,9-11H2,(H,24,25). The van der Waals surface area contributed by atoms with Gasteiger partial charge in [0, 0.05) is 30.1 Å². The first-order valence-corrected chi connectivity index (χ1v) is 9.23. The molecule has 0 aliphatic carbocycles. The van der Waals surface area contributed by atoms with Gasteiger partial charge in [-0.15, -0.1) is 0 Å². The average Bonchev–Trinajstić information content (AvgIpc) is 3.07. The van der Waals surface area contributed by atoms with Gasteiger partial charge in [0.15, 0.2) is 3.79 Å². The van der Waals surface area contributed by atoms with Crippen LogP contribution in [0.3, 0.4) is 0 Å². The zero-order valence-corrected chi connectivity index (χ0v) is 15.8. The van der Waals surface area contributed by atoms with Crippen LogP contribution in [0.15, 0.2) is 54.9 Å². The minimum Gasteiger partial charge on any atom is -0.346 e. The fourth-order valence-electron chi connectivity index (χ4n) is 2.57. The van der Waals surface area contributed by atoms with Crippen molar-refractivity contribution in [2.75, 3.05) is 0 Å². The third-order valence-corrected chi connectivity index (χ3v) is 4.49. The molecule has 0 aliphatic heterocycles. The number of benzene rings is 1. The number of nitrogens with zero attached hydrogens (tertiary/aromatic N) is 2. The number of pyridine rings is 1. The number of aryl methyl sites for hydroxylation is 3. The van der Waals surface area contributed by atoms with Gasteiger partial charge in [-0.3, -0.25) is 4.98 Å². The topological polar surface area (TPSA) is 41.6 Å². The smallest absolute Gasteiger partial charge is 0.191 e. The maximum Gasteiger partial charge on any atom is 0.191 e. The zero-order valence-electron chi connectivity index (χ0n) is 13.6. The second-order valence-electron chi connectivity index (χ2n) is 5.88. The van der Waals surface area contributed by atoms with E-state index in [0.717, 1.165) is 35.6 Å². The molecule has 3 aromatic rings. The van der Waals surface area contributed by atoms with Crippen LogP contribution in [-0.2, 0) is 19.3 Å². The number of aromatic nitrogens is 3. The van der Waals surface area contributed by atoms with Crippen LogP contribution >= 0.6 is 34.8 Å². The minimum absolute atomic E-state index is 0.467. The number of H-pyrrole nitrogens is 1. The van der Waals surface area contributed by atoms with Gasteiger partial charge in [-0.05, 0) is 37.0 Å². The van der Waals surface area contributed by atoms with Gasteiger partial charge in [-0.25, -0.2) is 4.98 Å². The predicted octanol–water partition coefficient (Wildman–Crippen LogP) is 5.56.